The van der Waals surface area contributed by atoms with Crippen LogP contribution in [0.25, 0.3) is 10.2 Å². The van der Waals surface area contributed by atoms with Crippen LogP contribution in [0.4, 0.5) is 0 Å². The van der Waals surface area contributed by atoms with Gasteiger partial charge in [-0.25, -0.2) is 4.98 Å². The topological polar surface area (TPSA) is 37.4 Å². The molecule has 0 saturated carbocycles. The van der Waals surface area contributed by atoms with Gasteiger partial charge in [-0.15, -0.1) is 11.3 Å². The highest BCUT2D eigenvalue weighted by Crippen LogP contribution is 2.39. The summed E-state index contributed by atoms with van der Waals surface area (Å²) in [5.41, 5.74) is 2.23. The molecule has 0 radical (unpaired) electrons. The summed E-state index contributed by atoms with van der Waals surface area (Å²) < 4.78 is 7.97. The van der Waals surface area contributed by atoms with Gasteiger partial charge >= 0.3 is 0 Å². The van der Waals surface area contributed by atoms with E-state index in [4.69, 9.17) is 9.72 Å². The molecule has 0 bridgehead atoms. The maximum atomic E-state index is 5.68. The molecule has 1 aliphatic heterocycles. The summed E-state index contributed by atoms with van der Waals surface area (Å²) in [5.74, 6) is 0.908. The zero-order valence-electron chi connectivity index (χ0n) is 14.0. The maximum absolute atomic E-state index is 5.68. The first kappa shape index (κ1) is 17.0. The Hall–Kier alpha value is -1.47. The van der Waals surface area contributed by atoms with Crippen LogP contribution in [0.3, 0.4) is 0 Å². The average molecular weight is 418 g/mol. The number of para-hydroxylation sites is 1. The van der Waals surface area contributed by atoms with Crippen molar-refractivity contribution in [1.82, 2.24) is 15.2 Å². The molecule has 1 saturated heterocycles. The minimum absolute atomic E-state index is 0.104. The molecule has 0 spiro atoms. The smallest absolute Gasteiger partial charge is 0.124 e. The average Bonchev–Trinajstić information content (AvgIpc) is 3.06. The van der Waals surface area contributed by atoms with Crippen molar-refractivity contribution in [2.75, 3.05) is 33.3 Å². The second-order valence-electron chi connectivity index (χ2n) is 6.09. The van der Waals surface area contributed by atoms with Crippen LogP contribution in [0, 0.1) is 0 Å². The molecule has 1 unspecified atom stereocenters. The molecular weight excluding hydrogens is 398 g/mol. The van der Waals surface area contributed by atoms with Crippen LogP contribution in [-0.4, -0.2) is 43.2 Å². The van der Waals surface area contributed by atoms with Crippen molar-refractivity contribution in [3.05, 3.63) is 57.5 Å². The highest BCUT2D eigenvalue weighted by atomic mass is 79.9. The third-order valence-electron chi connectivity index (χ3n) is 4.55. The number of benzene rings is 2. The number of methoxy groups -OCH3 is 1. The molecule has 2 aromatic carbocycles. The second-order valence-corrected chi connectivity index (χ2v) is 8.07. The van der Waals surface area contributed by atoms with E-state index in [9.17, 15) is 0 Å². The fourth-order valence-electron chi connectivity index (χ4n) is 3.35. The Labute approximate surface area is 160 Å². The lowest BCUT2D eigenvalue weighted by molar-refractivity contribution is 0.195. The molecule has 0 aliphatic carbocycles. The Kier molecular flexibility index (Phi) is 5.03. The van der Waals surface area contributed by atoms with Crippen LogP contribution in [0.1, 0.15) is 16.6 Å². The monoisotopic (exact) mass is 417 g/mol. The molecule has 25 heavy (non-hydrogen) atoms. The summed E-state index contributed by atoms with van der Waals surface area (Å²) >= 11 is 5.40. The number of hydrogen-bond acceptors (Lipinski definition) is 5. The fourth-order valence-corrected chi connectivity index (χ4v) is 4.85. The molecule has 1 fully saturated rings. The van der Waals surface area contributed by atoms with Gasteiger partial charge in [0.05, 0.1) is 23.4 Å². The van der Waals surface area contributed by atoms with Gasteiger partial charge in [0.25, 0.3) is 0 Å². The predicted molar refractivity (Wildman–Crippen MR) is 107 cm³/mol. The van der Waals surface area contributed by atoms with Gasteiger partial charge in [0, 0.05) is 36.2 Å². The van der Waals surface area contributed by atoms with Gasteiger partial charge in [0.1, 0.15) is 10.8 Å². The lowest BCUT2D eigenvalue weighted by Gasteiger charge is -2.34. The molecular formula is C19H20BrN3OS. The highest BCUT2D eigenvalue weighted by molar-refractivity contribution is 9.10. The van der Waals surface area contributed by atoms with E-state index >= 15 is 0 Å². The van der Waals surface area contributed by atoms with Gasteiger partial charge in [-0.05, 0) is 30.3 Å². The molecule has 3 aromatic rings. The Balaban J connectivity index is 1.85. The summed E-state index contributed by atoms with van der Waals surface area (Å²) in [4.78, 5) is 7.45. The van der Waals surface area contributed by atoms with Crippen molar-refractivity contribution in [2.24, 2.45) is 0 Å². The van der Waals surface area contributed by atoms with Crippen LogP contribution in [-0.2, 0) is 0 Å². The first-order valence-corrected chi connectivity index (χ1v) is 10.0. The zero-order chi connectivity index (χ0) is 17.2. The van der Waals surface area contributed by atoms with Crippen molar-refractivity contribution < 1.29 is 4.74 Å². The largest absolute Gasteiger partial charge is 0.496 e. The maximum Gasteiger partial charge on any atom is 0.124 e. The van der Waals surface area contributed by atoms with Gasteiger partial charge in [-0.3, -0.25) is 4.90 Å². The van der Waals surface area contributed by atoms with Crippen molar-refractivity contribution >= 4 is 37.5 Å². The molecule has 4 nitrogen and oxygen atoms in total. The van der Waals surface area contributed by atoms with E-state index in [1.54, 1.807) is 18.4 Å². The van der Waals surface area contributed by atoms with Crippen LogP contribution >= 0.6 is 27.3 Å². The van der Waals surface area contributed by atoms with Gasteiger partial charge in [-0.2, -0.15) is 0 Å². The van der Waals surface area contributed by atoms with Crippen molar-refractivity contribution in [3.8, 4) is 5.75 Å². The van der Waals surface area contributed by atoms with E-state index in [1.807, 2.05) is 18.2 Å². The van der Waals surface area contributed by atoms with E-state index < -0.39 is 0 Å². The van der Waals surface area contributed by atoms with Crippen molar-refractivity contribution in [3.63, 3.8) is 0 Å². The SMILES string of the molecule is COc1ccc(Br)cc1C(c1nc2ccccc2s1)N1CCNCC1. The number of halogens is 1. The van der Waals surface area contributed by atoms with Crippen LogP contribution in [0.15, 0.2) is 46.9 Å². The highest BCUT2D eigenvalue weighted by Gasteiger charge is 2.29. The number of ether oxygens (including phenoxy) is 1. The molecule has 6 heteroatoms. The van der Waals surface area contributed by atoms with E-state index in [1.165, 1.54) is 4.70 Å². The Morgan fingerprint density at radius 3 is 2.76 bits per heavy atom. The Bertz CT molecular complexity index is 843. The standard InChI is InChI=1S/C19H20BrN3OS/c1-24-16-7-6-13(20)12-14(16)18(23-10-8-21-9-11-23)19-22-15-4-2-3-5-17(15)25-19/h2-7,12,18,21H,8-11H2,1H3. The lowest BCUT2D eigenvalue weighted by atomic mass is 10.0. The predicted octanol–water partition coefficient (Wildman–Crippen LogP) is 4.06. The molecule has 130 valence electrons. The van der Waals surface area contributed by atoms with Crippen molar-refractivity contribution in [2.45, 2.75) is 6.04 Å². The molecule has 2 heterocycles. The summed E-state index contributed by atoms with van der Waals surface area (Å²) in [6.07, 6.45) is 0. The molecule has 4 rings (SSSR count). The molecule has 1 aromatic heterocycles. The van der Waals surface area contributed by atoms with Gasteiger partial charge < -0.3 is 10.1 Å². The minimum Gasteiger partial charge on any atom is -0.496 e. The first-order chi connectivity index (χ1) is 12.3. The van der Waals surface area contributed by atoms with E-state index in [0.29, 0.717) is 0 Å². The first-order valence-electron chi connectivity index (χ1n) is 8.40. The number of nitrogens with one attached hydrogen (secondary N) is 1. The summed E-state index contributed by atoms with van der Waals surface area (Å²) in [6, 6.07) is 14.7. The fraction of sp³-hybridized carbons (Fsp3) is 0.316. The lowest BCUT2D eigenvalue weighted by Crippen LogP contribution is -2.45. The molecule has 1 atom stereocenters. The van der Waals surface area contributed by atoms with Crippen molar-refractivity contribution in [1.29, 1.82) is 0 Å². The summed E-state index contributed by atoms with van der Waals surface area (Å²) in [5, 5.41) is 4.56. The van der Waals surface area contributed by atoms with Gasteiger partial charge in [-0.1, -0.05) is 28.1 Å². The normalized spacial score (nSPS) is 16.9. The number of nitrogens with zero attached hydrogens (tertiary/aromatic N) is 2. The third-order valence-corrected chi connectivity index (χ3v) is 6.13. The summed E-state index contributed by atoms with van der Waals surface area (Å²) in [7, 11) is 1.74. The Morgan fingerprint density at radius 2 is 2.00 bits per heavy atom. The number of hydrogen-bond donors (Lipinski definition) is 1. The Morgan fingerprint density at radius 1 is 1.20 bits per heavy atom. The number of fused-ring (bicyclic) bond motifs is 1. The van der Waals surface area contributed by atoms with Gasteiger partial charge in [0.15, 0.2) is 0 Å². The third kappa shape index (κ3) is 3.44. The molecule has 1 N–H and O–H groups in total. The van der Waals surface area contributed by atoms with E-state index in [2.05, 4.69) is 50.4 Å². The van der Waals surface area contributed by atoms with E-state index in [0.717, 1.165) is 52.5 Å². The summed E-state index contributed by atoms with van der Waals surface area (Å²) in [6.45, 7) is 3.99. The quantitative estimate of drug-likeness (QED) is 0.694. The number of thiazole rings is 1. The van der Waals surface area contributed by atoms with Crippen LogP contribution in [0.5, 0.6) is 5.75 Å². The van der Waals surface area contributed by atoms with Crippen LogP contribution in [0.2, 0.25) is 0 Å². The minimum atomic E-state index is 0.104. The number of rotatable bonds is 4. The molecule has 0 amide bonds. The number of aromatic nitrogens is 1. The second kappa shape index (κ2) is 7.41. The molecule has 1 aliphatic rings. The van der Waals surface area contributed by atoms with Gasteiger partial charge in [0.2, 0.25) is 0 Å². The van der Waals surface area contributed by atoms with Crippen LogP contribution < -0.4 is 10.1 Å². The van der Waals surface area contributed by atoms with E-state index in [-0.39, 0.29) is 6.04 Å². The number of piperazine rings is 1. The zero-order valence-corrected chi connectivity index (χ0v) is 16.4.